The molecule has 0 atom stereocenters. The molecular formula is C20H37NO3. The first-order valence-corrected chi connectivity index (χ1v) is 9.99. The number of carbonyl (C=O) groups is 1. The smallest absolute Gasteiger partial charge is 0.293 e. The summed E-state index contributed by atoms with van der Waals surface area (Å²) in [5, 5.41) is 0. The Morgan fingerprint density at radius 3 is 2.42 bits per heavy atom. The molecule has 1 heterocycles. The average Bonchev–Trinajstić information content (AvgIpc) is 2.57. The highest BCUT2D eigenvalue weighted by molar-refractivity contribution is 5.38. The highest BCUT2D eigenvalue weighted by atomic mass is 16.5. The molecule has 1 aliphatic heterocycles. The second-order valence-electron chi connectivity index (χ2n) is 8.35. The van der Waals surface area contributed by atoms with Crippen LogP contribution < -0.4 is 0 Å². The maximum Gasteiger partial charge on any atom is 0.293 e. The highest BCUT2D eigenvalue weighted by Gasteiger charge is 2.43. The van der Waals surface area contributed by atoms with E-state index in [9.17, 15) is 4.79 Å². The summed E-state index contributed by atoms with van der Waals surface area (Å²) in [4.78, 5) is 13.1. The molecule has 0 radical (unpaired) electrons. The fourth-order valence-corrected chi connectivity index (χ4v) is 4.51. The minimum absolute atomic E-state index is 0.0990. The van der Waals surface area contributed by atoms with Gasteiger partial charge in [-0.3, -0.25) is 9.69 Å². The summed E-state index contributed by atoms with van der Waals surface area (Å²) in [5.74, 6) is 0.740. The molecule has 4 nitrogen and oxygen atoms in total. The van der Waals surface area contributed by atoms with Crippen LogP contribution in [-0.4, -0.2) is 48.8 Å². The quantitative estimate of drug-likeness (QED) is 0.467. The Labute approximate surface area is 148 Å². The zero-order chi connectivity index (χ0) is 17.5. The van der Waals surface area contributed by atoms with E-state index in [4.69, 9.17) is 9.47 Å². The molecule has 0 aromatic carbocycles. The molecule has 0 bridgehead atoms. The third-order valence-corrected chi connectivity index (χ3v) is 5.91. The van der Waals surface area contributed by atoms with Gasteiger partial charge in [0.25, 0.3) is 6.47 Å². The van der Waals surface area contributed by atoms with E-state index in [1.165, 1.54) is 44.9 Å². The molecule has 1 saturated heterocycles. The monoisotopic (exact) mass is 339 g/mol. The van der Waals surface area contributed by atoms with Gasteiger partial charge in [-0.05, 0) is 51.9 Å². The average molecular weight is 340 g/mol. The molecule has 2 fully saturated rings. The fourth-order valence-electron chi connectivity index (χ4n) is 4.51. The molecule has 0 spiro atoms. The number of carbonyl (C=O) groups excluding carboxylic acids is 1. The predicted octanol–water partition coefficient (Wildman–Crippen LogP) is 4.17. The van der Waals surface area contributed by atoms with Crippen LogP contribution in [0.4, 0.5) is 0 Å². The van der Waals surface area contributed by atoms with Gasteiger partial charge < -0.3 is 9.47 Å². The lowest BCUT2D eigenvalue weighted by Crippen LogP contribution is -2.53. The second-order valence-corrected chi connectivity index (χ2v) is 8.35. The number of likely N-dealkylation sites (tertiary alicyclic amines) is 1. The van der Waals surface area contributed by atoms with Crippen molar-refractivity contribution < 1.29 is 14.3 Å². The third kappa shape index (κ3) is 5.45. The van der Waals surface area contributed by atoms with Crippen LogP contribution in [0, 0.1) is 5.92 Å². The molecule has 140 valence electrons. The van der Waals surface area contributed by atoms with Gasteiger partial charge in [-0.15, -0.1) is 0 Å². The van der Waals surface area contributed by atoms with Crippen molar-refractivity contribution in [2.24, 2.45) is 5.92 Å². The molecule has 0 aromatic rings. The van der Waals surface area contributed by atoms with Gasteiger partial charge in [0, 0.05) is 26.2 Å². The first kappa shape index (κ1) is 19.7. The molecule has 1 aliphatic carbocycles. The molecule has 24 heavy (non-hydrogen) atoms. The molecule has 2 rings (SSSR count). The highest BCUT2D eigenvalue weighted by Crippen LogP contribution is 2.42. The third-order valence-electron chi connectivity index (χ3n) is 5.91. The van der Waals surface area contributed by atoms with Gasteiger partial charge in [0.2, 0.25) is 0 Å². The number of nitrogens with zero attached hydrogens (tertiary/aromatic N) is 1. The summed E-state index contributed by atoms with van der Waals surface area (Å²) in [7, 11) is 0. The molecule has 0 aromatic heterocycles. The standard InChI is InChI=1S/C20H37NO3/c1-4-5-15-23-20(18-9-7-6-8-10-18)11-13-21(14-12-20)16-19(2,3)24-17-22/h17-18H,4-16H2,1-3H3. The Bertz CT molecular complexity index is 369. The summed E-state index contributed by atoms with van der Waals surface area (Å²) in [6.45, 7) is 10.6. The van der Waals surface area contributed by atoms with E-state index in [0.29, 0.717) is 6.47 Å². The van der Waals surface area contributed by atoms with E-state index in [0.717, 1.165) is 45.0 Å². The van der Waals surface area contributed by atoms with E-state index in [-0.39, 0.29) is 5.60 Å². The van der Waals surface area contributed by atoms with Crippen molar-refractivity contribution in [3.63, 3.8) is 0 Å². The first-order valence-electron chi connectivity index (χ1n) is 9.99. The molecular weight excluding hydrogens is 302 g/mol. The molecule has 4 heteroatoms. The Morgan fingerprint density at radius 2 is 1.83 bits per heavy atom. The summed E-state index contributed by atoms with van der Waals surface area (Å²) in [6.07, 6.45) is 11.4. The number of hydrogen-bond donors (Lipinski definition) is 0. The van der Waals surface area contributed by atoms with Crippen molar-refractivity contribution in [2.75, 3.05) is 26.2 Å². The van der Waals surface area contributed by atoms with E-state index >= 15 is 0 Å². The maximum absolute atomic E-state index is 10.7. The normalized spacial score (nSPS) is 23.1. The van der Waals surface area contributed by atoms with E-state index in [2.05, 4.69) is 11.8 Å². The number of piperidine rings is 1. The first-order chi connectivity index (χ1) is 11.5. The van der Waals surface area contributed by atoms with Crippen LogP contribution in [0.5, 0.6) is 0 Å². The molecule has 0 amide bonds. The Morgan fingerprint density at radius 1 is 1.17 bits per heavy atom. The van der Waals surface area contributed by atoms with Crippen LogP contribution in [0.3, 0.4) is 0 Å². The Hall–Kier alpha value is -0.610. The topological polar surface area (TPSA) is 38.8 Å². The minimum Gasteiger partial charge on any atom is -0.461 e. The second kappa shape index (κ2) is 9.19. The summed E-state index contributed by atoms with van der Waals surface area (Å²) in [5.41, 5.74) is -0.308. The predicted molar refractivity (Wildman–Crippen MR) is 97.1 cm³/mol. The van der Waals surface area contributed by atoms with Crippen molar-refractivity contribution in [1.29, 1.82) is 0 Å². The van der Waals surface area contributed by atoms with Crippen molar-refractivity contribution >= 4 is 6.47 Å². The van der Waals surface area contributed by atoms with Gasteiger partial charge in [0.05, 0.1) is 5.60 Å². The van der Waals surface area contributed by atoms with Gasteiger partial charge in [0.15, 0.2) is 0 Å². The summed E-state index contributed by atoms with van der Waals surface area (Å²) < 4.78 is 11.8. The lowest BCUT2D eigenvalue weighted by Gasteiger charge is -2.48. The number of rotatable bonds is 9. The van der Waals surface area contributed by atoms with Crippen LogP contribution in [0.1, 0.15) is 78.6 Å². The summed E-state index contributed by atoms with van der Waals surface area (Å²) >= 11 is 0. The zero-order valence-corrected chi connectivity index (χ0v) is 16.0. The van der Waals surface area contributed by atoms with Crippen molar-refractivity contribution in [3.05, 3.63) is 0 Å². The summed E-state index contributed by atoms with van der Waals surface area (Å²) in [6, 6.07) is 0. The van der Waals surface area contributed by atoms with Crippen LogP contribution in [0.2, 0.25) is 0 Å². The lowest BCUT2D eigenvalue weighted by atomic mass is 9.72. The Balaban J connectivity index is 1.94. The fraction of sp³-hybridized carbons (Fsp3) is 0.950. The van der Waals surface area contributed by atoms with Crippen LogP contribution >= 0.6 is 0 Å². The molecule has 0 unspecified atom stereocenters. The number of hydrogen-bond acceptors (Lipinski definition) is 4. The largest absolute Gasteiger partial charge is 0.461 e. The number of ether oxygens (including phenoxy) is 2. The molecule has 1 saturated carbocycles. The van der Waals surface area contributed by atoms with Crippen LogP contribution in [0.25, 0.3) is 0 Å². The van der Waals surface area contributed by atoms with Crippen molar-refractivity contribution in [3.8, 4) is 0 Å². The van der Waals surface area contributed by atoms with Gasteiger partial charge >= 0.3 is 0 Å². The maximum atomic E-state index is 10.7. The van der Waals surface area contributed by atoms with Gasteiger partial charge in [-0.25, -0.2) is 0 Å². The molecule has 2 aliphatic rings. The van der Waals surface area contributed by atoms with Crippen molar-refractivity contribution in [2.45, 2.75) is 89.8 Å². The SMILES string of the molecule is CCCCOC1(C2CCCCC2)CCN(CC(C)(C)OC=O)CC1. The van der Waals surface area contributed by atoms with Crippen LogP contribution in [-0.2, 0) is 14.3 Å². The van der Waals surface area contributed by atoms with E-state index in [1.807, 2.05) is 13.8 Å². The zero-order valence-electron chi connectivity index (χ0n) is 16.0. The van der Waals surface area contributed by atoms with Crippen LogP contribution in [0.15, 0.2) is 0 Å². The number of unbranched alkanes of at least 4 members (excludes halogenated alkanes) is 1. The van der Waals surface area contributed by atoms with Crippen molar-refractivity contribution in [1.82, 2.24) is 4.90 Å². The Kier molecular flexibility index (Phi) is 7.55. The van der Waals surface area contributed by atoms with Gasteiger partial charge in [-0.2, -0.15) is 0 Å². The van der Waals surface area contributed by atoms with Gasteiger partial charge in [-0.1, -0.05) is 32.6 Å². The molecule has 0 N–H and O–H groups in total. The lowest BCUT2D eigenvalue weighted by molar-refractivity contribution is -0.148. The van der Waals surface area contributed by atoms with Gasteiger partial charge in [0.1, 0.15) is 5.60 Å². The van der Waals surface area contributed by atoms with E-state index in [1.54, 1.807) is 0 Å². The minimum atomic E-state index is -0.407. The van der Waals surface area contributed by atoms with E-state index < -0.39 is 5.60 Å².